The van der Waals surface area contributed by atoms with Crippen LogP contribution in [0.4, 0.5) is 10.3 Å². The summed E-state index contributed by atoms with van der Waals surface area (Å²) in [6.45, 7) is 5.42. The van der Waals surface area contributed by atoms with Crippen molar-refractivity contribution in [3.63, 3.8) is 0 Å². The molecule has 0 amide bonds. The van der Waals surface area contributed by atoms with E-state index < -0.39 is 6.17 Å². The molecule has 5 rings (SSSR count). The van der Waals surface area contributed by atoms with Gasteiger partial charge >= 0.3 is 0 Å². The van der Waals surface area contributed by atoms with E-state index >= 15 is 0 Å². The maximum atomic E-state index is 14.6. The van der Waals surface area contributed by atoms with E-state index in [9.17, 15) is 4.39 Å². The average molecular weight is 404 g/mol. The van der Waals surface area contributed by atoms with Gasteiger partial charge in [0.15, 0.2) is 6.17 Å². The Labute approximate surface area is 174 Å². The molecule has 7 heteroatoms. The van der Waals surface area contributed by atoms with Gasteiger partial charge in [-0.25, -0.2) is 14.4 Å². The second kappa shape index (κ2) is 7.55. The summed E-state index contributed by atoms with van der Waals surface area (Å²) in [5, 5.41) is 4.40. The van der Waals surface area contributed by atoms with E-state index in [0.29, 0.717) is 28.9 Å². The normalized spacial score (nSPS) is 16.2. The van der Waals surface area contributed by atoms with Gasteiger partial charge in [-0.1, -0.05) is 25.8 Å². The standard InChI is InChI=1S/C23H25FN6/c1-14(2)21(24)19-12-25-20-9-8-15(13-30(19)20)17-10-26-22-18(17)11-27-23(29-22)28-16-6-4-3-5-7-16/h8-13,16,21H,1,3-7H2,2H3,(H2,26,27,28,29). The number of hydrogen-bond acceptors (Lipinski definition) is 4. The van der Waals surface area contributed by atoms with Crippen LogP contribution in [0.25, 0.3) is 27.8 Å². The van der Waals surface area contributed by atoms with Crippen LogP contribution in [0.3, 0.4) is 0 Å². The zero-order valence-electron chi connectivity index (χ0n) is 17.0. The fourth-order valence-corrected chi connectivity index (χ4v) is 4.24. The van der Waals surface area contributed by atoms with Gasteiger partial charge in [0.1, 0.15) is 11.3 Å². The summed E-state index contributed by atoms with van der Waals surface area (Å²) in [5.74, 6) is 0.664. The van der Waals surface area contributed by atoms with Crippen LogP contribution in [0.1, 0.15) is 50.9 Å². The number of alkyl halides is 1. The lowest BCUT2D eigenvalue weighted by atomic mass is 9.96. The summed E-state index contributed by atoms with van der Waals surface area (Å²) in [6.07, 6.45) is 12.2. The maximum Gasteiger partial charge on any atom is 0.224 e. The second-order valence-corrected chi connectivity index (χ2v) is 8.18. The first-order valence-electron chi connectivity index (χ1n) is 10.5. The number of H-pyrrole nitrogens is 1. The molecular weight excluding hydrogens is 379 g/mol. The van der Waals surface area contributed by atoms with E-state index in [1.165, 1.54) is 32.1 Å². The third-order valence-electron chi connectivity index (χ3n) is 5.91. The highest BCUT2D eigenvalue weighted by molar-refractivity contribution is 5.93. The van der Waals surface area contributed by atoms with E-state index in [1.54, 1.807) is 17.5 Å². The summed E-state index contributed by atoms with van der Waals surface area (Å²) in [4.78, 5) is 16.8. The summed E-state index contributed by atoms with van der Waals surface area (Å²) < 4.78 is 16.4. The quantitative estimate of drug-likeness (QED) is 0.425. The molecule has 1 aliphatic carbocycles. The van der Waals surface area contributed by atoms with Gasteiger partial charge in [-0.2, -0.15) is 4.98 Å². The molecule has 6 nitrogen and oxygen atoms in total. The van der Waals surface area contributed by atoms with Crippen molar-refractivity contribution in [1.29, 1.82) is 0 Å². The van der Waals surface area contributed by atoms with Gasteiger partial charge < -0.3 is 14.7 Å². The van der Waals surface area contributed by atoms with Gasteiger partial charge in [0.2, 0.25) is 5.95 Å². The Balaban J connectivity index is 1.49. The number of nitrogens with zero attached hydrogens (tertiary/aromatic N) is 4. The van der Waals surface area contributed by atoms with Crippen LogP contribution in [-0.2, 0) is 0 Å². The lowest BCUT2D eigenvalue weighted by Gasteiger charge is -2.22. The number of pyridine rings is 1. The minimum Gasteiger partial charge on any atom is -0.351 e. The van der Waals surface area contributed by atoms with Crippen molar-refractivity contribution >= 4 is 22.6 Å². The molecule has 1 atom stereocenters. The molecule has 154 valence electrons. The molecule has 0 bridgehead atoms. The molecule has 4 heterocycles. The van der Waals surface area contributed by atoms with Gasteiger partial charge in [-0.05, 0) is 37.5 Å². The minimum absolute atomic E-state index is 0.453. The molecule has 0 aromatic carbocycles. The lowest BCUT2D eigenvalue weighted by Crippen LogP contribution is -2.23. The minimum atomic E-state index is -1.25. The topological polar surface area (TPSA) is 70.9 Å². The zero-order valence-corrected chi connectivity index (χ0v) is 17.0. The first-order chi connectivity index (χ1) is 14.6. The zero-order chi connectivity index (χ0) is 20.7. The Morgan fingerprint density at radius 3 is 2.87 bits per heavy atom. The van der Waals surface area contributed by atoms with Crippen molar-refractivity contribution in [2.45, 2.75) is 51.2 Å². The summed E-state index contributed by atoms with van der Waals surface area (Å²) in [7, 11) is 0. The number of nitrogens with one attached hydrogen (secondary N) is 2. The van der Waals surface area contributed by atoms with Crippen LogP contribution >= 0.6 is 0 Å². The summed E-state index contributed by atoms with van der Waals surface area (Å²) in [6, 6.07) is 4.33. The predicted octanol–water partition coefficient (Wildman–Crippen LogP) is 5.60. The number of allylic oxidation sites excluding steroid dienone is 1. The molecule has 1 aliphatic rings. The van der Waals surface area contributed by atoms with Crippen molar-refractivity contribution in [3.8, 4) is 11.1 Å². The van der Waals surface area contributed by atoms with Crippen LogP contribution in [0, 0.1) is 0 Å². The Kier molecular flexibility index (Phi) is 4.73. The maximum absolute atomic E-state index is 14.6. The Morgan fingerprint density at radius 1 is 1.23 bits per heavy atom. The van der Waals surface area contributed by atoms with E-state index in [-0.39, 0.29) is 0 Å². The van der Waals surface area contributed by atoms with Gasteiger partial charge in [0.05, 0.1) is 11.9 Å². The van der Waals surface area contributed by atoms with E-state index in [4.69, 9.17) is 0 Å². The van der Waals surface area contributed by atoms with Gasteiger partial charge in [-0.15, -0.1) is 0 Å². The second-order valence-electron chi connectivity index (χ2n) is 8.18. The fraction of sp³-hybridized carbons (Fsp3) is 0.348. The first-order valence-corrected chi connectivity index (χ1v) is 10.5. The molecule has 0 spiro atoms. The molecule has 2 N–H and O–H groups in total. The van der Waals surface area contributed by atoms with E-state index in [2.05, 4.69) is 31.8 Å². The molecule has 0 aliphatic heterocycles. The van der Waals surface area contributed by atoms with Crippen LogP contribution in [0.5, 0.6) is 0 Å². The molecule has 1 unspecified atom stereocenters. The smallest absolute Gasteiger partial charge is 0.224 e. The molecule has 30 heavy (non-hydrogen) atoms. The predicted molar refractivity (Wildman–Crippen MR) is 117 cm³/mol. The first kappa shape index (κ1) is 18.8. The third kappa shape index (κ3) is 3.34. The largest absolute Gasteiger partial charge is 0.351 e. The number of imidazole rings is 1. The third-order valence-corrected chi connectivity index (χ3v) is 5.91. The highest BCUT2D eigenvalue weighted by Crippen LogP contribution is 2.31. The SMILES string of the molecule is C=C(C)C(F)c1cnc2ccc(-c3c[nH]c4nc(NC5CCCCC5)ncc34)cn12. The molecule has 1 saturated carbocycles. The highest BCUT2D eigenvalue weighted by atomic mass is 19.1. The lowest BCUT2D eigenvalue weighted by molar-refractivity contribution is 0.385. The number of aromatic amines is 1. The molecule has 0 radical (unpaired) electrons. The average Bonchev–Trinajstić information content (AvgIpc) is 3.37. The van der Waals surface area contributed by atoms with Crippen molar-refractivity contribution in [1.82, 2.24) is 24.3 Å². The monoisotopic (exact) mass is 404 g/mol. The van der Waals surface area contributed by atoms with Crippen LogP contribution in [0.15, 0.2) is 49.1 Å². The Morgan fingerprint density at radius 2 is 2.07 bits per heavy atom. The van der Waals surface area contributed by atoms with Gasteiger partial charge in [-0.3, -0.25) is 0 Å². The Hall–Kier alpha value is -3.22. The van der Waals surface area contributed by atoms with Crippen LogP contribution < -0.4 is 5.32 Å². The van der Waals surface area contributed by atoms with Gasteiger partial charge in [0.25, 0.3) is 0 Å². The van der Waals surface area contributed by atoms with Crippen molar-refractivity contribution < 1.29 is 4.39 Å². The highest BCUT2D eigenvalue weighted by Gasteiger charge is 2.18. The number of hydrogen-bond donors (Lipinski definition) is 2. The van der Waals surface area contributed by atoms with Crippen molar-refractivity contribution in [3.05, 3.63) is 54.8 Å². The van der Waals surface area contributed by atoms with Gasteiger partial charge in [0, 0.05) is 41.1 Å². The number of fused-ring (bicyclic) bond motifs is 2. The van der Waals surface area contributed by atoms with Crippen LogP contribution in [0.2, 0.25) is 0 Å². The number of halogens is 1. The molecule has 0 saturated heterocycles. The molecule has 4 aromatic heterocycles. The number of rotatable bonds is 5. The Bertz CT molecular complexity index is 1220. The molecular formula is C23H25FN6. The van der Waals surface area contributed by atoms with Crippen LogP contribution in [-0.4, -0.2) is 30.4 Å². The van der Waals surface area contributed by atoms with Crippen molar-refractivity contribution in [2.75, 3.05) is 5.32 Å². The fourth-order valence-electron chi connectivity index (χ4n) is 4.24. The summed E-state index contributed by atoms with van der Waals surface area (Å²) in [5.41, 5.74) is 4.34. The van der Waals surface area contributed by atoms with E-state index in [1.807, 2.05) is 30.7 Å². The molecule has 4 aromatic rings. The van der Waals surface area contributed by atoms with Crippen molar-refractivity contribution in [2.24, 2.45) is 0 Å². The molecule has 1 fully saturated rings. The number of anilines is 1. The summed E-state index contributed by atoms with van der Waals surface area (Å²) >= 11 is 0. The number of aromatic nitrogens is 5. The van der Waals surface area contributed by atoms with E-state index in [0.717, 1.165) is 22.2 Å².